The second-order valence-electron chi connectivity index (χ2n) is 6.32. The van der Waals surface area contributed by atoms with E-state index in [0.29, 0.717) is 6.42 Å². The quantitative estimate of drug-likeness (QED) is 0.631. The molecule has 2 rings (SSSR count). The topological polar surface area (TPSA) is 55.4 Å². The summed E-state index contributed by atoms with van der Waals surface area (Å²) in [7, 11) is 0. The molecule has 0 radical (unpaired) electrons. The van der Waals surface area contributed by atoms with Gasteiger partial charge in [-0.15, -0.1) is 0 Å². The smallest absolute Gasteiger partial charge is 0.245 e. The zero-order valence-corrected chi connectivity index (χ0v) is 14.5. The highest BCUT2D eigenvalue weighted by atomic mass is 16.1. The Balaban J connectivity index is 2.58. The van der Waals surface area contributed by atoms with E-state index in [1.54, 1.807) is 6.92 Å². The molecule has 2 N–H and O–H groups in total. The Hall–Kier alpha value is -2.68. The first-order valence-electron chi connectivity index (χ1n) is 8.06. The third-order valence-corrected chi connectivity index (χ3v) is 3.89. The number of benzene rings is 2. The molecule has 0 saturated heterocycles. The lowest BCUT2D eigenvalue weighted by Gasteiger charge is -2.22. The third kappa shape index (κ3) is 4.42. The summed E-state index contributed by atoms with van der Waals surface area (Å²) in [6.45, 7) is 5.79. The van der Waals surface area contributed by atoms with Crippen molar-refractivity contribution in [2.45, 2.75) is 32.7 Å². The zero-order valence-electron chi connectivity index (χ0n) is 14.5. The largest absolute Gasteiger partial charge is 0.368 e. The van der Waals surface area contributed by atoms with E-state index in [9.17, 15) is 4.79 Å². The highest BCUT2D eigenvalue weighted by Crippen LogP contribution is 2.21. The molecule has 0 saturated carbocycles. The Labute approximate surface area is 143 Å². The van der Waals surface area contributed by atoms with E-state index in [-0.39, 0.29) is 0 Å². The first-order valence-corrected chi connectivity index (χ1v) is 8.06. The highest BCUT2D eigenvalue weighted by molar-refractivity contribution is 6.13. The average Bonchev–Trinajstić information content (AvgIpc) is 2.59. The molecule has 124 valence electrons. The summed E-state index contributed by atoms with van der Waals surface area (Å²) < 4.78 is 0. The van der Waals surface area contributed by atoms with Crippen LogP contribution < -0.4 is 5.73 Å². The van der Waals surface area contributed by atoms with Gasteiger partial charge in [0.15, 0.2) is 0 Å². The van der Waals surface area contributed by atoms with Gasteiger partial charge in [-0.3, -0.25) is 9.79 Å². The van der Waals surface area contributed by atoms with Crippen LogP contribution in [-0.2, 0) is 4.79 Å². The summed E-state index contributed by atoms with van der Waals surface area (Å²) >= 11 is 0. The third-order valence-electron chi connectivity index (χ3n) is 3.89. The minimum absolute atomic E-state index is 0.427. The molecule has 0 aliphatic carbocycles. The predicted octanol–water partition coefficient (Wildman–Crippen LogP) is 4.12. The number of carbonyl (C=O) groups excluding carboxylic acids is 1. The average molecular weight is 320 g/mol. The fraction of sp³-hybridized carbons (Fsp3) is 0.238. The monoisotopic (exact) mass is 320 g/mol. The lowest BCUT2D eigenvalue weighted by Crippen LogP contribution is -2.40. The first-order chi connectivity index (χ1) is 11.4. The maximum atomic E-state index is 12.1. The molecule has 2 aromatic rings. The summed E-state index contributed by atoms with van der Waals surface area (Å²) in [6.07, 6.45) is 2.48. The first kappa shape index (κ1) is 17.7. The Kier molecular flexibility index (Phi) is 5.69. The fourth-order valence-corrected chi connectivity index (χ4v) is 2.34. The number of primary amides is 1. The number of hydrogen-bond donors (Lipinski definition) is 1. The van der Waals surface area contributed by atoms with Gasteiger partial charge < -0.3 is 5.73 Å². The lowest BCUT2D eigenvalue weighted by molar-refractivity contribution is -0.122. The van der Waals surface area contributed by atoms with Gasteiger partial charge in [0, 0.05) is 11.1 Å². The van der Waals surface area contributed by atoms with Gasteiger partial charge in [0.25, 0.3) is 0 Å². The van der Waals surface area contributed by atoms with Crippen LogP contribution in [0.15, 0.2) is 77.3 Å². The van der Waals surface area contributed by atoms with Crippen molar-refractivity contribution in [3.05, 3.63) is 83.4 Å². The van der Waals surface area contributed by atoms with E-state index in [1.165, 1.54) is 0 Å². The highest BCUT2D eigenvalue weighted by Gasteiger charge is 2.30. The molecular formula is C21H24N2O. The Morgan fingerprint density at radius 1 is 1.00 bits per heavy atom. The van der Waals surface area contributed by atoms with Crippen molar-refractivity contribution in [1.82, 2.24) is 0 Å². The van der Waals surface area contributed by atoms with Crippen LogP contribution in [0.1, 0.15) is 38.3 Å². The molecule has 0 spiro atoms. The number of nitrogens with two attached hydrogens (primary N) is 1. The molecule has 3 nitrogen and oxygen atoms in total. The van der Waals surface area contributed by atoms with Gasteiger partial charge in [-0.25, -0.2) is 0 Å². The van der Waals surface area contributed by atoms with Gasteiger partial charge in [-0.05, 0) is 27.2 Å². The van der Waals surface area contributed by atoms with Crippen LogP contribution in [0.3, 0.4) is 0 Å². The van der Waals surface area contributed by atoms with Gasteiger partial charge in [-0.2, -0.15) is 0 Å². The predicted molar refractivity (Wildman–Crippen MR) is 100 cm³/mol. The van der Waals surface area contributed by atoms with Gasteiger partial charge in [0.1, 0.15) is 5.54 Å². The van der Waals surface area contributed by atoms with E-state index in [1.807, 2.05) is 80.6 Å². The molecule has 1 amide bonds. The molecule has 0 bridgehead atoms. The number of aliphatic imine (C=N–C) groups is 1. The Morgan fingerprint density at radius 2 is 1.46 bits per heavy atom. The standard InChI is InChI=1S/C21H24N2O/c1-16(2)14-15-21(3,20(22)24)23-19(17-10-6-4-7-11-17)18-12-8-5-9-13-18/h4-14H,15H2,1-3H3,(H2,22,24). The van der Waals surface area contributed by atoms with Gasteiger partial charge in [0.2, 0.25) is 5.91 Å². The molecule has 1 unspecified atom stereocenters. The molecule has 2 aromatic carbocycles. The lowest BCUT2D eigenvalue weighted by atomic mass is 9.94. The number of amides is 1. The summed E-state index contributed by atoms with van der Waals surface area (Å²) in [5.74, 6) is -0.427. The van der Waals surface area contributed by atoms with Crippen molar-refractivity contribution < 1.29 is 4.79 Å². The number of rotatable bonds is 6. The minimum atomic E-state index is -0.988. The van der Waals surface area contributed by atoms with E-state index in [0.717, 1.165) is 22.4 Å². The number of allylic oxidation sites excluding steroid dienone is 1. The number of nitrogens with zero attached hydrogens (tertiary/aromatic N) is 1. The van der Waals surface area contributed by atoms with E-state index >= 15 is 0 Å². The van der Waals surface area contributed by atoms with Gasteiger partial charge in [0.05, 0.1) is 5.71 Å². The summed E-state index contributed by atoms with van der Waals surface area (Å²) in [5.41, 5.74) is 8.55. The fourth-order valence-electron chi connectivity index (χ4n) is 2.34. The molecule has 3 heteroatoms. The maximum Gasteiger partial charge on any atom is 0.245 e. The SMILES string of the molecule is CC(C)=CCC(C)(N=C(c1ccccc1)c1ccccc1)C(N)=O. The summed E-state index contributed by atoms with van der Waals surface area (Å²) in [4.78, 5) is 16.9. The molecule has 0 aromatic heterocycles. The van der Waals surface area contributed by atoms with Gasteiger partial charge >= 0.3 is 0 Å². The van der Waals surface area contributed by atoms with Crippen LogP contribution in [-0.4, -0.2) is 17.2 Å². The summed E-state index contributed by atoms with van der Waals surface area (Å²) in [5, 5.41) is 0. The molecule has 0 fully saturated rings. The van der Waals surface area contributed by atoms with E-state index < -0.39 is 11.4 Å². The summed E-state index contributed by atoms with van der Waals surface area (Å²) in [6, 6.07) is 19.8. The van der Waals surface area contributed by atoms with Crippen molar-refractivity contribution in [2.75, 3.05) is 0 Å². The Morgan fingerprint density at radius 3 is 1.83 bits per heavy atom. The minimum Gasteiger partial charge on any atom is -0.368 e. The van der Waals surface area contributed by atoms with Crippen LogP contribution in [0.4, 0.5) is 0 Å². The van der Waals surface area contributed by atoms with Crippen molar-refractivity contribution in [3.8, 4) is 0 Å². The van der Waals surface area contributed by atoms with E-state index in [2.05, 4.69) is 0 Å². The molecule has 24 heavy (non-hydrogen) atoms. The number of carbonyl (C=O) groups is 1. The second-order valence-corrected chi connectivity index (χ2v) is 6.32. The van der Waals surface area contributed by atoms with Crippen molar-refractivity contribution in [3.63, 3.8) is 0 Å². The normalized spacial score (nSPS) is 12.8. The molecule has 0 aliphatic heterocycles. The van der Waals surface area contributed by atoms with Crippen molar-refractivity contribution >= 4 is 11.6 Å². The molecule has 0 aliphatic rings. The van der Waals surface area contributed by atoms with Gasteiger partial charge in [-0.1, -0.05) is 72.3 Å². The maximum absolute atomic E-state index is 12.1. The molecular weight excluding hydrogens is 296 g/mol. The molecule has 1 atom stereocenters. The Bertz CT molecular complexity index is 702. The van der Waals surface area contributed by atoms with Crippen molar-refractivity contribution in [1.29, 1.82) is 0 Å². The van der Waals surface area contributed by atoms with E-state index in [4.69, 9.17) is 10.7 Å². The molecule has 0 heterocycles. The van der Waals surface area contributed by atoms with Crippen LogP contribution in [0.25, 0.3) is 0 Å². The number of hydrogen-bond acceptors (Lipinski definition) is 2. The second kappa shape index (κ2) is 7.73. The van der Waals surface area contributed by atoms with Crippen LogP contribution in [0.5, 0.6) is 0 Å². The van der Waals surface area contributed by atoms with Crippen LogP contribution in [0, 0.1) is 0 Å². The van der Waals surface area contributed by atoms with Crippen LogP contribution >= 0.6 is 0 Å². The van der Waals surface area contributed by atoms with Crippen molar-refractivity contribution in [2.24, 2.45) is 10.7 Å². The zero-order chi connectivity index (χ0) is 17.6. The van der Waals surface area contributed by atoms with Crippen LogP contribution in [0.2, 0.25) is 0 Å².